The van der Waals surface area contributed by atoms with Crippen LogP contribution in [0.1, 0.15) is 36.0 Å². The summed E-state index contributed by atoms with van der Waals surface area (Å²) < 4.78 is 0.327. The molecule has 1 fully saturated rings. The van der Waals surface area contributed by atoms with Crippen molar-refractivity contribution in [1.29, 1.82) is 0 Å². The smallest absolute Gasteiger partial charge is 0.284 e. The van der Waals surface area contributed by atoms with Gasteiger partial charge in [-0.15, -0.1) is 0 Å². The fraction of sp³-hybridized carbons (Fsp3) is 0.462. The second kappa shape index (κ2) is 5.88. The van der Waals surface area contributed by atoms with Crippen LogP contribution in [0.25, 0.3) is 0 Å². The van der Waals surface area contributed by atoms with Crippen molar-refractivity contribution in [3.05, 3.63) is 38.3 Å². The van der Waals surface area contributed by atoms with Gasteiger partial charge in [0.2, 0.25) is 0 Å². The van der Waals surface area contributed by atoms with E-state index >= 15 is 0 Å². The van der Waals surface area contributed by atoms with Gasteiger partial charge in [-0.1, -0.05) is 12.8 Å². The van der Waals surface area contributed by atoms with Gasteiger partial charge in [0.05, 0.1) is 15.0 Å². The number of hydrogen-bond acceptors (Lipinski definition) is 4. The van der Waals surface area contributed by atoms with E-state index in [1.165, 1.54) is 18.2 Å². The summed E-state index contributed by atoms with van der Waals surface area (Å²) >= 11 is 3.07. The topological polar surface area (TPSA) is 92.5 Å². The molecule has 0 saturated heterocycles. The van der Waals surface area contributed by atoms with E-state index in [0.717, 1.165) is 12.8 Å². The van der Waals surface area contributed by atoms with Crippen LogP contribution in [0.4, 0.5) is 5.69 Å². The Morgan fingerprint density at radius 1 is 1.45 bits per heavy atom. The Labute approximate surface area is 124 Å². The maximum atomic E-state index is 12.0. The largest absolute Gasteiger partial charge is 0.388 e. The van der Waals surface area contributed by atoms with Gasteiger partial charge in [-0.05, 0) is 40.9 Å². The van der Waals surface area contributed by atoms with Gasteiger partial charge in [0.15, 0.2) is 0 Å². The standard InChI is InChI=1S/C13H15BrN2O4/c14-10-4-3-9(7-11(10)16(19)20)12(17)15-8-13(18)5-1-2-6-13/h3-4,7,18H,1-2,5-6,8H2,(H,15,17). The summed E-state index contributed by atoms with van der Waals surface area (Å²) in [4.78, 5) is 22.2. The Bertz CT molecular complexity index is 541. The summed E-state index contributed by atoms with van der Waals surface area (Å²) in [6.07, 6.45) is 3.26. The van der Waals surface area contributed by atoms with Crippen molar-refractivity contribution in [3.8, 4) is 0 Å². The van der Waals surface area contributed by atoms with E-state index in [2.05, 4.69) is 21.2 Å². The molecule has 0 aromatic heterocycles. The molecule has 1 amide bonds. The number of carbonyl (C=O) groups excluding carboxylic acids is 1. The van der Waals surface area contributed by atoms with Crippen molar-refractivity contribution in [2.75, 3.05) is 6.54 Å². The highest BCUT2D eigenvalue weighted by molar-refractivity contribution is 9.10. The lowest BCUT2D eigenvalue weighted by Crippen LogP contribution is -2.40. The number of nitro benzene ring substituents is 1. The molecule has 2 N–H and O–H groups in total. The molecule has 0 heterocycles. The normalized spacial score (nSPS) is 16.9. The third kappa shape index (κ3) is 3.34. The van der Waals surface area contributed by atoms with Crippen LogP contribution >= 0.6 is 15.9 Å². The Morgan fingerprint density at radius 3 is 2.70 bits per heavy atom. The predicted octanol–water partition coefficient (Wildman–Crippen LogP) is 2.39. The second-order valence-electron chi connectivity index (χ2n) is 5.04. The van der Waals surface area contributed by atoms with Crippen LogP contribution in [0.2, 0.25) is 0 Å². The molecular formula is C13H15BrN2O4. The van der Waals surface area contributed by atoms with Gasteiger partial charge in [-0.3, -0.25) is 14.9 Å². The fourth-order valence-electron chi connectivity index (χ4n) is 2.35. The number of nitrogens with zero attached hydrogens (tertiary/aromatic N) is 1. The van der Waals surface area contributed by atoms with Crippen LogP contribution in [0.3, 0.4) is 0 Å². The Balaban J connectivity index is 2.06. The average molecular weight is 343 g/mol. The molecule has 108 valence electrons. The summed E-state index contributed by atoms with van der Waals surface area (Å²) in [5, 5.41) is 23.6. The zero-order chi connectivity index (χ0) is 14.8. The van der Waals surface area contributed by atoms with Gasteiger partial charge in [0.25, 0.3) is 11.6 Å². The van der Waals surface area contributed by atoms with Crippen molar-refractivity contribution in [3.63, 3.8) is 0 Å². The zero-order valence-corrected chi connectivity index (χ0v) is 12.4. The van der Waals surface area contributed by atoms with Crippen molar-refractivity contribution in [2.24, 2.45) is 0 Å². The number of carbonyl (C=O) groups is 1. The van der Waals surface area contributed by atoms with Crippen LogP contribution in [0.5, 0.6) is 0 Å². The molecule has 0 atom stereocenters. The van der Waals surface area contributed by atoms with E-state index in [-0.39, 0.29) is 17.8 Å². The van der Waals surface area contributed by atoms with E-state index in [0.29, 0.717) is 17.3 Å². The first-order chi connectivity index (χ1) is 9.41. The van der Waals surface area contributed by atoms with E-state index in [1.807, 2.05) is 0 Å². The summed E-state index contributed by atoms with van der Waals surface area (Å²) in [5.74, 6) is -0.416. The molecular weight excluding hydrogens is 328 g/mol. The van der Waals surface area contributed by atoms with Gasteiger partial charge in [-0.25, -0.2) is 0 Å². The number of nitro groups is 1. The summed E-state index contributed by atoms with van der Waals surface area (Å²) in [6, 6.07) is 4.19. The molecule has 7 heteroatoms. The van der Waals surface area contributed by atoms with E-state index in [1.54, 1.807) is 0 Å². The molecule has 1 aliphatic carbocycles. The maximum absolute atomic E-state index is 12.0. The Morgan fingerprint density at radius 2 is 2.10 bits per heavy atom. The number of benzene rings is 1. The number of amides is 1. The maximum Gasteiger partial charge on any atom is 0.284 e. The molecule has 1 aromatic rings. The molecule has 0 bridgehead atoms. The molecule has 0 aliphatic heterocycles. The fourth-order valence-corrected chi connectivity index (χ4v) is 2.74. The minimum absolute atomic E-state index is 0.155. The zero-order valence-electron chi connectivity index (χ0n) is 10.8. The van der Waals surface area contributed by atoms with Crippen LogP contribution in [-0.4, -0.2) is 28.1 Å². The molecule has 20 heavy (non-hydrogen) atoms. The Kier molecular flexibility index (Phi) is 4.39. The molecule has 0 radical (unpaired) electrons. The van der Waals surface area contributed by atoms with Crippen LogP contribution in [0, 0.1) is 10.1 Å². The number of rotatable bonds is 4. The van der Waals surface area contributed by atoms with Crippen molar-refractivity contribution >= 4 is 27.5 Å². The SMILES string of the molecule is O=C(NCC1(O)CCCC1)c1ccc(Br)c([N+](=O)[O-])c1. The van der Waals surface area contributed by atoms with Crippen LogP contribution < -0.4 is 5.32 Å². The minimum atomic E-state index is -0.836. The molecule has 1 aliphatic rings. The molecule has 1 saturated carbocycles. The van der Waals surface area contributed by atoms with Gasteiger partial charge in [0, 0.05) is 18.2 Å². The first-order valence-electron chi connectivity index (χ1n) is 6.36. The van der Waals surface area contributed by atoms with Gasteiger partial charge >= 0.3 is 0 Å². The summed E-state index contributed by atoms with van der Waals surface area (Å²) in [6.45, 7) is 0.176. The first-order valence-corrected chi connectivity index (χ1v) is 7.15. The Hall–Kier alpha value is -1.47. The van der Waals surface area contributed by atoms with Gasteiger partial charge in [-0.2, -0.15) is 0 Å². The van der Waals surface area contributed by atoms with E-state index in [4.69, 9.17) is 0 Å². The highest BCUT2D eigenvalue weighted by Crippen LogP contribution is 2.29. The lowest BCUT2D eigenvalue weighted by atomic mass is 10.0. The first kappa shape index (κ1) is 14.9. The van der Waals surface area contributed by atoms with Crippen molar-refractivity contribution in [2.45, 2.75) is 31.3 Å². The third-order valence-corrected chi connectivity index (χ3v) is 4.19. The van der Waals surface area contributed by atoms with Crippen LogP contribution in [-0.2, 0) is 0 Å². The average Bonchev–Trinajstić information content (AvgIpc) is 2.84. The third-order valence-electron chi connectivity index (χ3n) is 3.52. The van der Waals surface area contributed by atoms with Crippen molar-refractivity contribution < 1.29 is 14.8 Å². The molecule has 6 nitrogen and oxygen atoms in total. The highest BCUT2D eigenvalue weighted by Gasteiger charge is 2.31. The van der Waals surface area contributed by atoms with Crippen LogP contribution in [0.15, 0.2) is 22.7 Å². The van der Waals surface area contributed by atoms with E-state index in [9.17, 15) is 20.0 Å². The minimum Gasteiger partial charge on any atom is -0.388 e. The highest BCUT2D eigenvalue weighted by atomic mass is 79.9. The molecule has 1 aromatic carbocycles. The summed E-state index contributed by atoms with van der Waals surface area (Å²) in [5.41, 5.74) is -0.782. The quantitative estimate of drug-likeness (QED) is 0.649. The summed E-state index contributed by atoms with van der Waals surface area (Å²) in [7, 11) is 0. The van der Waals surface area contributed by atoms with Gasteiger partial charge < -0.3 is 10.4 Å². The predicted molar refractivity (Wildman–Crippen MR) is 76.5 cm³/mol. The number of aliphatic hydroxyl groups is 1. The number of nitrogens with one attached hydrogen (secondary N) is 1. The second-order valence-corrected chi connectivity index (χ2v) is 5.89. The van der Waals surface area contributed by atoms with Gasteiger partial charge in [0.1, 0.15) is 0 Å². The monoisotopic (exact) mass is 342 g/mol. The number of hydrogen-bond donors (Lipinski definition) is 2. The van der Waals surface area contributed by atoms with E-state index < -0.39 is 16.4 Å². The lowest BCUT2D eigenvalue weighted by molar-refractivity contribution is -0.385. The molecule has 0 spiro atoms. The van der Waals surface area contributed by atoms with Crippen molar-refractivity contribution in [1.82, 2.24) is 5.32 Å². The molecule has 0 unspecified atom stereocenters. The lowest BCUT2D eigenvalue weighted by Gasteiger charge is -2.22. The number of halogens is 1. The molecule has 2 rings (SSSR count).